The Morgan fingerprint density at radius 2 is 2.05 bits per heavy atom. The molecule has 0 radical (unpaired) electrons. The molecule has 1 fully saturated rings. The summed E-state index contributed by atoms with van der Waals surface area (Å²) in [4.78, 5) is 0. The van der Waals surface area contributed by atoms with Gasteiger partial charge in [0.05, 0.1) is 17.2 Å². The molecule has 1 aromatic rings. The summed E-state index contributed by atoms with van der Waals surface area (Å²) >= 11 is 0. The molecule has 108 valence electrons. The monoisotopic (exact) mass is 279 g/mol. The highest BCUT2D eigenvalue weighted by Gasteiger charge is 2.38. The number of nitrogens with two attached hydrogens (primary N) is 1. The quantitative estimate of drug-likeness (QED) is 0.893. The van der Waals surface area contributed by atoms with Crippen LogP contribution in [0.2, 0.25) is 0 Å². The number of hydrogen-bond donors (Lipinski definition) is 2. The first-order valence-corrected chi connectivity index (χ1v) is 6.90. The van der Waals surface area contributed by atoms with Gasteiger partial charge in [0.1, 0.15) is 5.69 Å². The lowest BCUT2D eigenvalue weighted by molar-refractivity contribution is 0.234. The molecule has 2 atom stereocenters. The summed E-state index contributed by atoms with van der Waals surface area (Å²) in [6.07, 6.45) is 3.89. The smallest absolute Gasteiger partial charge is 0.150 e. The molecule has 5 heteroatoms. The van der Waals surface area contributed by atoms with Crippen molar-refractivity contribution in [1.29, 1.82) is 5.26 Å². The van der Waals surface area contributed by atoms with Crippen LogP contribution in [0.5, 0.6) is 0 Å². The SMILES string of the molecule is CC1CCCCC1(CN)Nc1c(F)cc(C#N)cc1F. The summed E-state index contributed by atoms with van der Waals surface area (Å²) in [5, 5.41) is 11.7. The van der Waals surface area contributed by atoms with Gasteiger partial charge in [-0.15, -0.1) is 0 Å². The van der Waals surface area contributed by atoms with Gasteiger partial charge in [-0.1, -0.05) is 19.8 Å². The highest BCUT2D eigenvalue weighted by molar-refractivity contribution is 5.52. The number of nitriles is 1. The van der Waals surface area contributed by atoms with Crippen LogP contribution in [0.4, 0.5) is 14.5 Å². The standard InChI is InChI=1S/C15H19F2N3/c1-10-4-2-3-5-15(10,9-19)20-14-12(16)6-11(8-18)7-13(14)17/h6-7,10,20H,2-5,9,19H2,1H3. The summed E-state index contributed by atoms with van der Waals surface area (Å²) in [7, 11) is 0. The minimum atomic E-state index is -0.743. The number of nitrogens with zero attached hydrogens (tertiary/aromatic N) is 1. The van der Waals surface area contributed by atoms with E-state index in [1.54, 1.807) is 6.07 Å². The molecule has 0 aliphatic heterocycles. The first-order chi connectivity index (χ1) is 9.52. The second kappa shape index (κ2) is 5.76. The zero-order chi connectivity index (χ0) is 14.8. The zero-order valence-electron chi connectivity index (χ0n) is 11.5. The van der Waals surface area contributed by atoms with Gasteiger partial charge in [0.25, 0.3) is 0 Å². The van der Waals surface area contributed by atoms with E-state index in [9.17, 15) is 8.78 Å². The molecular formula is C15H19F2N3. The van der Waals surface area contributed by atoms with Gasteiger partial charge < -0.3 is 11.1 Å². The summed E-state index contributed by atoms with van der Waals surface area (Å²) in [5.41, 5.74) is 5.19. The summed E-state index contributed by atoms with van der Waals surface area (Å²) in [6.45, 7) is 2.38. The largest absolute Gasteiger partial charge is 0.373 e. The minimum Gasteiger partial charge on any atom is -0.373 e. The number of halogens is 2. The predicted octanol–water partition coefficient (Wildman–Crippen LogP) is 3.16. The van der Waals surface area contributed by atoms with E-state index >= 15 is 0 Å². The van der Waals surface area contributed by atoms with Crippen LogP contribution in [0.3, 0.4) is 0 Å². The number of benzene rings is 1. The Kier molecular flexibility index (Phi) is 4.24. The molecule has 1 saturated carbocycles. The van der Waals surface area contributed by atoms with E-state index in [2.05, 4.69) is 12.2 Å². The highest BCUT2D eigenvalue weighted by Crippen LogP contribution is 2.37. The maximum atomic E-state index is 14.0. The second-order valence-electron chi connectivity index (χ2n) is 5.56. The third-order valence-electron chi connectivity index (χ3n) is 4.36. The van der Waals surface area contributed by atoms with Gasteiger partial charge in [-0.3, -0.25) is 0 Å². The Balaban J connectivity index is 2.35. The van der Waals surface area contributed by atoms with Crippen molar-refractivity contribution in [2.75, 3.05) is 11.9 Å². The Labute approximate surface area is 117 Å². The van der Waals surface area contributed by atoms with Crippen LogP contribution >= 0.6 is 0 Å². The summed E-state index contributed by atoms with van der Waals surface area (Å²) in [5.74, 6) is -1.24. The van der Waals surface area contributed by atoms with Crippen molar-refractivity contribution in [3.05, 3.63) is 29.3 Å². The number of hydrogen-bond acceptors (Lipinski definition) is 3. The Hall–Kier alpha value is -1.67. The van der Waals surface area contributed by atoms with E-state index < -0.39 is 17.2 Å². The van der Waals surface area contributed by atoms with Crippen LogP contribution in [-0.4, -0.2) is 12.1 Å². The van der Waals surface area contributed by atoms with Gasteiger partial charge in [-0.2, -0.15) is 5.26 Å². The van der Waals surface area contributed by atoms with Crippen LogP contribution in [-0.2, 0) is 0 Å². The molecule has 1 aliphatic rings. The van der Waals surface area contributed by atoms with Crippen LogP contribution < -0.4 is 11.1 Å². The van der Waals surface area contributed by atoms with Crippen LogP contribution in [0.15, 0.2) is 12.1 Å². The van der Waals surface area contributed by atoms with E-state index in [1.165, 1.54) is 0 Å². The lowest BCUT2D eigenvalue weighted by Gasteiger charge is -2.43. The molecule has 0 saturated heterocycles. The average Bonchev–Trinajstić information content (AvgIpc) is 2.44. The summed E-state index contributed by atoms with van der Waals surface area (Å²) < 4.78 is 28.0. The average molecular weight is 279 g/mol. The van der Waals surface area contributed by atoms with Crippen LogP contribution in [0.1, 0.15) is 38.2 Å². The lowest BCUT2D eigenvalue weighted by atomic mass is 9.73. The van der Waals surface area contributed by atoms with E-state index in [0.717, 1.165) is 37.8 Å². The molecular weight excluding hydrogens is 260 g/mol. The van der Waals surface area contributed by atoms with Crippen molar-refractivity contribution >= 4 is 5.69 Å². The topological polar surface area (TPSA) is 61.8 Å². The van der Waals surface area contributed by atoms with Gasteiger partial charge >= 0.3 is 0 Å². The van der Waals surface area contributed by atoms with E-state index in [4.69, 9.17) is 11.0 Å². The van der Waals surface area contributed by atoms with Gasteiger partial charge in [0.2, 0.25) is 0 Å². The van der Waals surface area contributed by atoms with Crippen molar-refractivity contribution in [3.63, 3.8) is 0 Å². The molecule has 2 rings (SSSR count). The fourth-order valence-corrected chi connectivity index (χ4v) is 2.96. The normalized spacial score (nSPS) is 26.1. The van der Waals surface area contributed by atoms with E-state index in [0.29, 0.717) is 6.54 Å². The van der Waals surface area contributed by atoms with Crippen molar-refractivity contribution in [1.82, 2.24) is 0 Å². The van der Waals surface area contributed by atoms with Crippen molar-refractivity contribution in [2.24, 2.45) is 11.7 Å². The molecule has 2 unspecified atom stereocenters. The molecule has 0 spiro atoms. The van der Waals surface area contributed by atoms with Gasteiger partial charge in [0.15, 0.2) is 11.6 Å². The molecule has 1 aliphatic carbocycles. The summed E-state index contributed by atoms with van der Waals surface area (Å²) in [6, 6.07) is 3.83. The molecule has 0 amide bonds. The third kappa shape index (κ3) is 2.61. The minimum absolute atomic E-state index is 0.0240. The number of rotatable bonds is 3. The lowest BCUT2D eigenvalue weighted by Crippen LogP contribution is -2.52. The van der Waals surface area contributed by atoms with Crippen molar-refractivity contribution in [2.45, 2.75) is 38.1 Å². The van der Waals surface area contributed by atoms with Gasteiger partial charge in [0, 0.05) is 6.54 Å². The molecule has 20 heavy (non-hydrogen) atoms. The fourth-order valence-electron chi connectivity index (χ4n) is 2.96. The zero-order valence-corrected chi connectivity index (χ0v) is 11.5. The third-order valence-corrected chi connectivity index (χ3v) is 4.36. The van der Waals surface area contributed by atoms with Crippen LogP contribution in [0, 0.1) is 28.9 Å². The van der Waals surface area contributed by atoms with E-state index in [1.807, 2.05) is 0 Å². The maximum Gasteiger partial charge on any atom is 0.150 e. The fraction of sp³-hybridized carbons (Fsp3) is 0.533. The van der Waals surface area contributed by atoms with Crippen LogP contribution in [0.25, 0.3) is 0 Å². The molecule has 3 N–H and O–H groups in total. The Morgan fingerprint density at radius 3 is 2.55 bits per heavy atom. The van der Waals surface area contributed by atoms with Crippen molar-refractivity contribution < 1.29 is 8.78 Å². The van der Waals surface area contributed by atoms with Gasteiger partial charge in [-0.25, -0.2) is 8.78 Å². The molecule has 0 bridgehead atoms. The highest BCUT2D eigenvalue weighted by atomic mass is 19.1. The second-order valence-corrected chi connectivity index (χ2v) is 5.56. The van der Waals surface area contributed by atoms with Crippen molar-refractivity contribution in [3.8, 4) is 6.07 Å². The first kappa shape index (κ1) is 14.7. The maximum absolute atomic E-state index is 14.0. The first-order valence-electron chi connectivity index (χ1n) is 6.90. The molecule has 3 nitrogen and oxygen atoms in total. The molecule has 0 heterocycles. The van der Waals surface area contributed by atoms with Gasteiger partial charge in [-0.05, 0) is 30.9 Å². The number of anilines is 1. The number of nitrogens with one attached hydrogen (secondary N) is 1. The Bertz CT molecular complexity index is 515. The predicted molar refractivity (Wildman–Crippen MR) is 74.1 cm³/mol. The molecule has 0 aromatic heterocycles. The Morgan fingerprint density at radius 1 is 1.40 bits per heavy atom. The molecule has 1 aromatic carbocycles. The van der Waals surface area contributed by atoms with E-state index in [-0.39, 0.29) is 17.2 Å².